The van der Waals surface area contributed by atoms with Crippen LogP contribution in [0.15, 0.2) is 23.3 Å². The van der Waals surface area contributed by atoms with E-state index >= 15 is 0 Å². The quantitative estimate of drug-likeness (QED) is 0.826. The highest BCUT2D eigenvalue weighted by Crippen LogP contribution is 2.18. The second kappa shape index (κ2) is 3.81. The standard InChI is InChI=1S/C13H18N2O/c1-8(2)10-5-12-13(16)14-11(9(3)4)7-15(12)6-10/h5-9H,1-4H3,(H,14,16). The van der Waals surface area contributed by atoms with Crippen LogP contribution >= 0.6 is 0 Å². The lowest BCUT2D eigenvalue weighted by Crippen LogP contribution is -2.12. The molecule has 0 atom stereocenters. The van der Waals surface area contributed by atoms with Crippen molar-refractivity contribution in [3.8, 4) is 0 Å². The van der Waals surface area contributed by atoms with Crippen molar-refractivity contribution in [1.29, 1.82) is 0 Å². The largest absolute Gasteiger partial charge is 0.323 e. The van der Waals surface area contributed by atoms with Crippen molar-refractivity contribution in [1.82, 2.24) is 9.38 Å². The van der Waals surface area contributed by atoms with Gasteiger partial charge in [-0.1, -0.05) is 27.7 Å². The monoisotopic (exact) mass is 218 g/mol. The molecule has 0 saturated carbocycles. The van der Waals surface area contributed by atoms with Gasteiger partial charge in [0.15, 0.2) is 0 Å². The molecule has 16 heavy (non-hydrogen) atoms. The molecule has 0 unspecified atom stereocenters. The molecule has 0 spiro atoms. The van der Waals surface area contributed by atoms with E-state index in [1.54, 1.807) is 0 Å². The van der Waals surface area contributed by atoms with Crippen LogP contribution in [0.3, 0.4) is 0 Å². The van der Waals surface area contributed by atoms with E-state index in [-0.39, 0.29) is 5.56 Å². The van der Waals surface area contributed by atoms with Crippen molar-refractivity contribution < 1.29 is 0 Å². The van der Waals surface area contributed by atoms with Crippen molar-refractivity contribution in [3.05, 3.63) is 40.1 Å². The third kappa shape index (κ3) is 1.77. The number of nitrogens with one attached hydrogen (secondary N) is 1. The first-order chi connectivity index (χ1) is 7.49. The van der Waals surface area contributed by atoms with Crippen molar-refractivity contribution in [2.24, 2.45) is 0 Å². The molecule has 86 valence electrons. The van der Waals surface area contributed by atoms with E-state index in [0.717, 1.165) is 11.2 Å². The zero-order valence-corrected chi connectivity index (χ0v) is 10.2. The third-order valence-corrected chi connectivity index (χ3v) is 2.93. The molecule has 2 rings (SSSR count). The lowest BCUT2D eigenvalue weighted by molar-refractivity contribution is 0.800. The van der Waals surface area contributed by atoms with E-state index in [1.165, 1.54) is 5.56 Å². The Labute approximate surface area is 95.1 Å². The molecule has 0 aliphatic rings. The van der Waals surface area contributed by atoms with Gasteiger partial charge in [0.25, 0.3) is 5.56 Å². The number of rotatable bonds is 2. The van der Waals surface area contributed by atoms with Crippen molar-refractivity contribution >= 4 is 5.52 Å². The van der Waals surface area contributed by atoms with Gasteiger partial charge in [0.2, 0.25) is 0 Å². The lowest BCUT2D eigenvalue weighted by Gasteiger charge is -2.05. The normalized spacial score (nSPS) is 11.9. The number of hydrogen-bond acceptors (Lipinski definition) is 1. The topological polar surface area (TPSA) is 37.3 Å². The predicted molar refractivity (Wildman–Crippen MR) is 66.2 cm³/mol. The molecule has 0 aromatic carbocycles. The predicted octanol–water partition coefficient (Wildman–Crippen LogP) is 2.87. The molecule has 2 aromatic heterocycles. The summed E-state index contributed by atoms with van der Waals surface area (Å²) in [5, 5.41) is 0. The molecular formula is C13H18N2O. The molecule has 0 bridgehead atoms. The molecule has 0 radical (unpaired) electrons. The summed E-state index contributed by atoms with van der Waals surface area (Å²) in [6.45, 7) is 8.41. The van der Waals surface area contributed by atoms with Gasteiger partial charge < -0.3 is 9.38 Å². The highest BCUT2D eigenvalue weighted by molar-refractivity contribution is 5.49. The van der Waals surface area contributed by atoms with Gasteiger partial charge in [0.1, 0.15) is 5.52 Å². The Morgan fingerprint density at radius 1 is 1.12 bits per heavy atom. The van der Waals surface area contributed by atoms with Gasteiger partial charge in [-0.15, -0.1) is 0 Å². The van der Waals surface area contributed by atoms with Gasteiger partial charge in [-0.2, -0.15) is 0 Å². The van der Waals surface area contributed by atoms with Crippen LogP contribution in [0.5, 0.6) is 0 Å². The van der Waals surface area contributed by atoms with Crippen LogP contribution in [-0.2, 0) is 0 Å². The van der Waals surface area contributed by atoms with Gasteiger partial charge in [0.05, 0.1) is 0 Å². The van der Waals surface area contributed by atoms with Crippen LogP contribution in [0, 0.1) is 0 Å². The van der Waals surface area contributed by atoms with Gasteiger partial charge in [0, 0.05) is 18.1 Å². The molecule has 1 N–H and O–H groups in total. The lowest BCUT2D eigenvalue weighted by atomic mass is 10.1. The fourth-order valence-electron chi connectivity index (χ4n) is 1.78. The molecule has 0 aliphatic heterocycles. The number of aromatic amines is 1. The Balaban J connectivity index is 2.68. The summed E-state index contributed by atoms with van der Waals surface area (Å²) in [6.07, 6.45) is 4.05. The molecule has 0 amide bonds. The summed E-state index contributed by atoms with van der Waals surface area (Å²) in [7, 11) is 0. The minimum absolute atomic E-state index is 0.00176. The van der Waals surface area contributed by atoms with Crippen LogP contribution < -0.4 is 5.56 Å². The molecule has 2 aromatic rings. The number of fused-ring (bicyclic) bond motifs is 1. The smallest absolute Gasteiger partial charge is 0.272 e. The molecular weight excluding hydrogens is 200 g/mol. The average Bonchev–Trinajstić information content (AvgIpc) is 2.61. The second-order valence-electron chi connectivity index (χ2n) is 4.91. The first-order valence-corrected chi connectivity index (χ1v) is 5.74. The maximum Gasteiger partial charge on any atom is 0.272 e. The Bertz CT molecular complexity index is 561. The van der Waals surface area contributed by atoms with Gasteiger partial charge in [-0.05, 0) is 23.5 Å². The van der Waals surface area contributed by atoms with Crippen molar-refractivity contribution in [3.63, 3.8) is 0 Å². The molecule has 2 heterocycles. The van der Waals surface area contributed by atoms with Crippen molar-refractivity contribution in [2.45, 2.75) is 39.5 Å². The van der Waals surface area contributed by atoms with E-state index in [4.69, 9.17) is 0 Å². The molecule has 0 saturated heterocycles. The molecule has 3 heteroatoms. The zero-order valence-electron chi connectivity index (χ0n) is 10.2. The van der Waals surface area contributed by atoms with E-state index in [9.17, 15) is 4.79 Å². The Morgan fingerprint density at radius 2 is 1.81 bits per heavy atom. The fourth-order valence-corrected chi connectivity index (χ4v) is 1.78. The maximum absolute atomic E-state index is 11.9. The molecule has 3 nitrogen and oxygen atoms in total. The van der Waals surface area contributed by atoms with Crippen LogP contribution in [0.4, 0.5) is 0 Å². The summed E-state index contributed by atoms with van der Waals surface area (Å²) >= 11 is 0. The van der Waals surface area contributed by atoms with E-state index in [1.807, 2.05) is 22.9 Å². The number of nitrogens with zero attached hydrogens (tertiary/aromatic N) is 1. The van der Waals surface area contributed by atoms with Gasteiger partial charge >= 0.3 is 0 Å². The number of aromatic nitrogens is 2. The van der Waals surface area contributed by atoms with E-state index in [2.05, 4.69) is 32.7 Å². The first kappa shape index (κ1) is 11.0. The minimum Gasteiger partial charge on any atom is -0.323 e. The second-order valence-corrected chi connectivity index (χ2v) is 4.91. The van der Waals surface area contributed by atoms with E-state index < -0.39 is 0 Å². The van der Waals surface area contributed by atoms with Crippen LogP contribution in [0.2, 0.25) is 0 Å². The van der Waals surface area contributed by atoms with Crippen molar-refractivity contribution in [2.75, 3.05) is 0 Å². The SMILES string of the molecule is CC(C)c1cc2c(=O)[nH]c(C(C)C)cn2c1. The molecule has 0 fully saturated rings. The first-order valence-electron chi connectivity index (χ1n) is 5.74. The van der Waals surface area contributed by atoms with Crippen LogP contribution in [-0.4, -0.2) is 9.38 Å². The number of hydrogen-bond donors (Lipinski definition) is 1. The average molecular weight is 218 g/mol. The third-order valence-electron chi connectivity index (χ3n) is 2.93. The summed E-state index contributed by atoms with van der Waals surface area (Å²) in [4.78, 5) is 14.8. The number of H-pyrrole nitrogens is 1. The summed E-state index contributed by atoms with van der Waals surface area (Å²) in [5.41, 5.74) is 2.90. The summed E-state index contributed by atoms with van der Waals surface area (Å²) in [6, 6.07) is 1.97. The van der Waals surface area contributed by atoms with E-state index in [0.29, 0.717) is 11.8 Å². The highest BCUT2D eigenvalue weighted by atomic mass is 16.1. The summed E-state index contributed by atoms with van der Waals surface area (Å²) in [5.74, 6) is 0.781. The Kier molecular flexibility index (Phi) is 2.62. The zero-order chi connectivity index (χ0) is 11.9. The summed E-state index contributed by atoms with van der Waals surface area (Å²) < 4.78 is 1.93. The van der Waals surface area contributed by atoms with Gasteiger partial charge in [-0.25, -0.2) is 0 Å². The highest BCUT2D eigenvalue weighted by Gasteiger charge is 2.08. The fraction of sp³-hybridized carbons (Fsp3) is 0.462. The van der Waals surface area contributed by atoms with Crippen LogP contribution in [0.25, 0.3) is 5.52 Å². The Morgan fingerprint density at radius 3 is 2.38 bits per heavy atom. The molecule has 0 aliphatic carbocycles. The maximum atomic E-state index is 11.9. The van der Waals surface area contributed by atoms with Crippen LogP contribution in [0.1, 0.15) is 50.8 Å². The Hall–Kier alpha value is -1.51. The minimum atomic E-state index is -0.00176. The van der Waals surface area contributed by atoms with Gasteiger partial charge in [-0.3, -0.25) is 4.79 Å².